The second-order valence-electron chi connectivity index (χ2n) is 7.66. The average molecular weight is 463 g/mol. The first-order chi connectivity index (χ1) is 15.8. The molecule has 0 fully saturated rings. The first-order valence-corrected chi connectivity index (χ1v) is 10.7. The van der Waals surface area contributed by atoms with Gasteiger partial charge >= 0.3 is 0 Å². The van der Waals surface area contributed by atoms with Crippen molar-refractivity contribution in [1.29, 1.82) is 0 Å². The summed E-state index contributed by atoms with van der Waals surface area (Å²) in [5.41, 5.74) is 3.62. The van der Waals surface area contributed by atoms with Crippen LogP contribution in [0.15, 0.2) is 66.4 Å². The van der Waals surface area contributed by atoms with E-state index in [0.717, 1.165) is 16.0 Å². The lowest BCUT2D eigenvalue weighted by Gasteiger charge is -2.17. The Morgan fingerprint density at radius 1 is 0.848 bits per heavy atom. The maximum absolute atomic E-state index is 13.7. The Morgan fingerprint density at radius 2 is 1.58 bits per heavy atom. The molecule has 0 radical (unpaired) electrons. The Hall–Kier alpha value is -3.77. The molecule has 2 amide bonds. The van der Waals surface area contributed by atoms with Gasteiger partial charge < -0.3 is 14.8 Å². The summed E-state index contributed by atoms with van der Waals surface area (Å²) in [6, 6.07) is 17.7. The number of carbonyl (C=O) groups excluding carboxylic acids is 2. The third-order valence-corrected chi connectivity index (χ3v) is 5.90. The van der Waals surface area contributed by atoms with Gasteiger partial charge in [0.25, 0.3) is 11.8 Å². The standard InChI is InChI=1S/C26H23ClN2O4/c1-15-9-12-22(33-4)20(13-15)28-24-23(18-7-5-6-8-21(18)32-3)25(30)29(26(24)31)17-11-10-16(2)19(27)14-17/h5-14,28H,1-4H3. The van der Waals surface area contributed by atoms with Gasteiger partial charge in [0.15, 0.2) is 0 Å². The number of hydrogen-bond donors (Lipinski definition) is 1. The molecular weight excluding hydrogens is 440 g/mol. The summed E-state index contributed by atoms with van der Waals surface area (Å²) in [6.45, 7) is 3.79. The molecule has 0 saturated carbocycles. The van der Waals surface area contributed by atoms with Gasteiger partial charge in [0.05, 0.1) is 31.2 Å². The highest BCUT2D eigenvalue weighted by Crippen LogP contribution is 2.39. The molecule has 1 N–H and O–H groups in total. The third kappa shape index (κ3) is 4.05. The van der Waals surface area contributed by atoms with E-state index in [-0.39, 0.29) is 11.3 Å². The minimum Gasteiger partial charge on any atom is -0.496 e. The maximum Gasteiger partial charge on any atom is 0.282 e. The number of amides is 2. The van der Waals surface area contributed by atoms with Crippen molar-refractivity contribution in [2.24, 2.45) is 0 Å². The summed E-state index contributed by atoms with van der Waals surface area (Å²) >= 11 is 6.30. The van der Waals surface area contributed by atoms with Crippen LogP contribution in [0.5, 0.6) is 11.5 Å². The first kappa shape index (κ1) is 22.4. The summed E-state index contributed by atoms with van der Waals surface area (Å²) in [5.74, 6) is 0.0560. The molecule has 4 rings (SSSR count). The molecule has 0 aliphatic carbocycles. The van der Waals surface area contributed by atoms with Crippen molar-refractivity contribution in [3.05, 3.63) is 88.1 Å². The SMILES string of the molecule is COc1ccc(C)cc1NC1=C(c2ccccc2OC)C(=O)N(c2ccc(C)c(Cl)c2)C1=O. The number of ether oxygens (including phenoxy) is 2. The molecule has 1 heterocycles. The summed E-state index contributed by atoms with van der Waals surface area (Å²) < 4.78 is 11.0. The zero-order valence-corrected chi connectivity index (χ0v) is 19.5. The number of nitrogens with zero attached hydrogens (tertiary/aromatic N) is 1. The van der Waals surface area contributed by atoms with E-state index < -0.39 is 11.8 Å². The summed E-state index contributed by atoms with van der Waals surface area (Å²) in [4.78, 5) is 28.4. The number of nitrogens with one attached hydrogen (secondary N) is 1. The van der Waals surface area contributed by atoms with Crippen molar-refractivity contribution in [3.8, 4) is 11.5 Å². The molecule has 0 saturated heterocycles. The molecule has 3 aromatic rings. The molecule has 3 aromatic carbocycles. The van der Waals surface area contributed by atoms with E-state index in [9.17, 15) is 9.59 Å². The lowest BCUT2D eigenvalue weighted by molar-refractivity contribution is -0.120. The Balaban J connectivity index is 1.90. The molecule has 0 atom stereocenters. The van der Waals surface area contributed by atoms with Crippen LogP contribution >= 0.6 is 11.6 Å². The van der Waals surface area contributed by atoms with Gasteiger partial charge in [-0.05, 0) is 55.3 Å². The van der Waals surface area contributed by atoms with Crippen LogP contribution in [0.4, 0.5) is 11.4 Å². The molecule has 33 heavy (non-hydrogen) atoms. The first-order valence-electron chi connectivity index (χ1n) is 10.3. The van der Waals surface area contributed by atoms with E-state index >= 15 is 0 Å². The van der Waals surface area contributed by atoms with Crippen molar-refractivity contribution in [3.63, 3.8) is 0 Å². The molecule has 0 aromatic heterocycles. The highest BCUT2D eigenvalue weighted by molar-refractivity contribution is 6.46. The zero-order chi connectivity index (χ0) is 23.7. The van der Waals surface area contributed by atoms with Crippen LogP contribution in [0, 0.1) is 13.8 Å². The number of hydrogen-bond acceptors (Lipinski definition) is 5. The van der Waals surface area contributed by atoms with E-state index in [2.05, 4.69) is 5.32 Å². The van der Waals surface area contributed by atoms with Gasteiger partial charge in [-0.3, -0.25) is 9.59 Å². The molecular formula is C26H23ClN2O4. The number of benzene rings is 3. The second-order valence-corrected chi connectivity index (χ2v) is 8.07. The largest absolute Gasteiger partial charge is 0.496 e. The van der Waals surface area contributed by atoms with Crippen molar-refractivity contribution < 1.29 is 19.1 Å². The van der Waals surface area contributed by atoms with E-state index in [1.54, 1.807) is 55.6 Å². The number of para-hydroxylation sites is 1. The van der Waals surface area contributed by atoms with Crippen molar-refractivity contribution in [1.82, 2.24) is 0 Å². The molecule has 0 unspecified atom stereocenters. The fraction of sp³-hybridized carbons (Fsp3) is 0.154. The monoisotopic (exact) mass is 462 g/mol. The third-order valence-electron chi connectivity index (χ3n) is 5.49. The molecule has 0 bridgehead atoms. The fourth-order valence-electron chi connectivity index (χ4n) is 3.76. The van der Waals surface area contributed by atoms with Crippen LogP contribution in [0.25, 0.3) is 5.57 Å². The van der Waals surface area contributed by atoms with Crippen LogP contribution in [-0.4, -0.2) is 26.0 Å². The van der Waals surface area contributed by atoms with Gasteiger partial charge in [0.1, 0.15) is 17.2 Å². The molecule has 1 aliphatic heterocycles. The highest BCUT2D eigenvalue weighted by atomic mass is 35.5. The average Bonchev–Trinajstić information content (AvgIpc) is 3.05. The Kier molecular flexibility index (Phi) is 6.11. The maximum atomic E-state index is 13.7. The number of aryl methyl sites for hydroxylation is 2. The van der Waals surface area contributed by atoms with Crippen molar-refractivity contribution >= 4 is 40.4 Å². The lowest BCUT2D eigenvalue weighted by Crippen LogP contribution is -2.32. The van der Waals surface area contributed by atoms with Gasteiger partial charge in [-0.2, -0.15) is 0 Å². The normalized spacial score (nSPS) is 13.5. The predicted octanol–water partition coefficient (Wildman–Crippen LogP) is 5.37. The molecule has 6 nitrogen and oxygen atoms in total. The van der Waals surface area contributed by atoms with E-state index in [1.807, 2.05) is 26.0 Å². The number of methoxy groups -OCH3 is 2. The number of rotatable bonds is 6. The number of halogens is 1. The molecule has 7 heteroatoms. The Bertz CT molecular complexity index is 1300. The summed E-state index contributed by atoms with van der Waals surface area (Å²) in [6.07, 6.45) is 0. The van der Waals surface area contributed by atoms with Crippen LogP contribution in [-0.2, 0) is 9.59 Å². The molecule has 1 aliphatic rings. The minimum atomic E-state index is -0.496. The fourth-order valence-corrected chi connectivity index (χ4v) is 3.93. The van der Waals surface area contributed by atoms with Gasteiger partial charge in [0, 0.05) is 10.6 Å². The zero-order valence-electron chi connectivity index (χ0n) is 18.7. The molecule has 0 spiro atoms. The molecule has 168 valence electrons. The Morgan fingerprint density at radius 3 is 2.27 bits per heavy atom. The number of anilines is 2. The topological polar surface area (TPSA) is 67.9 Å². The highest BCUT2D eigenvalue weighted by Gasteiger charge is 2.41. The minimum absolute atomic E-state index is 0.130. The second kappa shape index (κ2) is 9.00. The van der Waals surface area contributed by atoms with Crippen LogP contribution in [0.2, 0.25) is 5.02 Å². The summed E-state index contributed by atoms with van der Waals surface area (Å²) in [7, 11) is 3.07. The smallest absolute Gasteiger partial charge is 0.282 e. The predicted molar refractivity (Wildman–Crippen MR) is 130 cm³/mol. The van der Waals surface area contributed by atoms with E-state index in [4.69, 9.17) is 21.1 Å². The van der Waals surface area contributed by atoms with Gasteiger partial charge in [-0.25, -0.2) is 4.90 Å². The van der Waals surface area contributed by atoms with E-state index in [0.29, 0.717) is 33.5 Å². The van der Waals surface area contributed by atoms with Gasteiger partial charge in [0.2, 0.25) is 0 Å². The van der Waals surface area contributed by atoms with Gasteiger partial charge in [-0.15, -0.1) is 0 Å². The summed E-state index contributed by atoms with van der Waals surface area (Å²) in [5, 5.41) is 3.63. The van der Waals surface area contributed by atoms with Crippen LogP contribution in [0.3, 0.4) is 0 Å². The van der Waals surface area contributed by atoms with Crippen molar-refractivity contribution in [2.45, 2.75) is 13.8 Å². The van der Waals surface area contributed by atoms with Gasteiger partial charge in [-0.1, -0.05) is 41.9 Å². The van der Waals surface area contributed by atoms with Crippen molar-refractivity contribution in [2.75, 3.05) is 24.4 Å². The number of imide groups is 1. The lowest BCUT2D eigenvalue weighted by atomic mass is 10.0. The Labute approximate surface area is 197 Å². The quantitative estimate of drug-likeness (QED) is 0.499. The van der Waals surface area contributed by atoms with Crippen LogP contribution < -0.4 is 19.7 Å². The number of carbonyl (C=O) groups is 2. The van der Waals surface area contributed by atoms with E-state index in [1.165, 1.54) is 7.11 Å². The van der Waals surface area contributed by atoms with Crippen LogP contribution in [0.1, 0.15) is 16.7 Å².